The van der Waals surface area contributed by atoms with Gasteiger partial charge in [-0.3, -0.25) is 4.90 Å². The van der Waals surface area contributed by atoms with Gasteiger partial charge in [0.05, 0.1) is 24.8 Å². The number of likely N-dealkylation sites (tertiary alicyclic amines) is 1. The molecule has 2 aliphatic rings. The molecule has 0 aliphatic carbocycles. The molecule has 2 rings (SSSR count). The molecule has 2 heterocycles. The van der Waals surface area contributed by atoms with E-state index in [2.05, 4.69) is 4.90 Å². The molecule has 0 aromatic carbocycles. The molecular formula is C9H18N2O2. The fourth-order valence-electron chi connectivity index (χ4n) is 2.13. The van der Waals surface area contributed by atoms with Crippen LogP contribution in [0, 0.1) is 0 Å². The molecule has 0 amide bonds. The molecule has 4 nitrogen and oxygen atoms in total. The smallest absolute Gasteiger partial charge is 0.198 e. The number of hydrogen-bond donors (Lipinski definition) is 1. The van der Waals surface area contributed by atoms with Crippen molar-refractivity contribution in [2.75, 3.05) is 20.1 Å². The molecule has 2 saturated heterocycles. The molecule has 4 heteroatoms. The van der Waals surface area contributed by atoms with E-state index in [4.69, 9.17) is 15.2 Å². The van der Waals surface area contributed by atoms with Crippen molar-refractivity contribution in [3.8, 4) is 0 Å². The minimum Gasteiger partial charge on any atom is -0.341 e. The summed E-state index contributed by atoms with van der Waals surface area (Å²) in [5.41, 5.74) is 6.00. The van der Waals surface area contributed by atoms with Gasteiger partial charge in [-0.05, 0) is 20.9 Å². The maximum atomic E-state index is 6.00. The van der Waals surface area contributed by atoms with Crippen LogP contribution < -0.4 is 5.73 Å². The first-order valence-corrected chi connectivity index (χ1v) is 4.83. The van der Waals surface area contributed by atoms with Gasteiger partial charge in [0.1, 0.15) is 0 Å². The Morgan fingerprint density at radius 3 is 2.23 bits per heavy atom. The predicted molar refractivity (Wildman–Crippen MR) is 49.3 cm³/mol. The highest BCUT2D eigenvalue weighted by Gasteiger charge is 2.53. The summed E-state index contributed by atoms with van der Waals surface area (Å²) >= 11 is 0. The number of rotatable bonds is 0. The monoisotopic (exact) mass is 186 g/mol. The van der Waals surface area contributed by atoms with E-state index in [-0.39, 0.29) is 18.2 Å². The average Bonchev–Trinajstić information content (AvgIpc) is 2.40. The lowest BCUT2D eigenvalue weighted by Crippen LogP contribution is -2.48. The summed E-state index contributed by atoms with van der Waals surface area (Å²) < 4.78 is 11.6. The van der Waals surface area contributed by atoms with Gasteiger partial charge >= 0.3 is 0 Å². The van der Waals surface area contributed by atoms with E-state index >= 15 is 0 Å². The van der Waals surface area contributed by atoms with E-state index in [9.17, 15) is 0 Å². The van der Waals surface area contributed by atoms with Gasteiger partial charge in [-0.15, -0.1) is 0 Å². The number of hydrogen-bond acceptors (Lipinski definition) is 4. The van der Waals surface area contributed by atoms with Crippen molar-refractivity contribution < 1.29 is 9.47 Å². The maximum absolute atomic E-state index is 6.00. The minimum absolute atomic E-state index is 0.0232. The van der Waals surface area contributed by atoms with E-state index in [0.717, 1.165) is 13.1 Å². The molecule has 13 heavy (non-hydrogen) atoms. The van der Waals surface area contributed by atoms with Crippen molar-refractivity contribution in [2.45, 2.75) is 37.9 Å². The number of ether oxygens (including phenoxy) is 2. The zero-order valence-corrected chi connectivity index (χ0v) is 8.49. The quantitative estimate of drug-likeness (QED) is 0.568. The van der Waals surface area contributed by atoms with E-state index in [1.807, 2.05) is 20.9 Å². The topological polar surface area (TPSA) is 47.7 Å². The standard InChI is InChI=1S/C9H18N2O2/c1-6-7(2)13-9(12-6)5-11(3)4-8(9)10/h6-8H,4-5,10H2,1-3H3. The van der Waals surface area contributed by atoms with E-state index in [1.165, 1.54) is 0 Å². The number of nitrogens with two attached hydrogens (primary N) is 1. The van der Waals surface area contributed by atoms with Crippen molar-refractivity contribution in [1.29, 1.82) is 0 Å². The van der Waals surface area contributed by atoms with Crippen molar-refractivity contribution in [2.24, 2.45) is 5.73 Å². The third-order valence-electron chi connectivity index (χ3n) is 3.00. The summed E-state index contributed by atoms with van der Waals surface area (Å²) in [7, 11) is 2.04. The lowest BCUT2D eigenvalue weighted by molar-refractivity contribution is -0.169. The van der Waals surface area contributed by atoms with E-state index in [1.54, 1.807) is 0 Å². The molecule has 2 aliphatic heterocycles. The first kappa shape index (κ1) is 9.40. The van der Waals surface area contributed by atoms with Crippen LogP contribution in [0.5, 0.6) is 0 Å². The minimum atomic E-state index is -0.534. The summed E-state index contributed by atoms with van der Waals surface area (Å²) in [5, 5.41) is 0. The summed E-state index contributed by atoms with van der Waals surface area (Å²) in [4.78, 5) is 2.15. The Kier molecular flexibility index (Phi) is 2.11. The highest BCUT2D eigenvalue weighted by atomic mass is 16.8. The summed E-state index contributed by atoms with van der Waals surface area (Å²) in [6.45, 7) is 5.69. The Morgan fingerprint density at radius 2 is 1.85 bits per heavy atom. The van der Waals surface area contributed by atoms with Crippen molar-refractivity contribution in [3.63, 3.8) is 0 Å². The van der Waals surface area contributed by atoms with Crippen LogP contribution in [0.25, 0.3) is 0 Å². The first-order valence-electron chi connectivity index (χ1n) is 4.83. The number of nitrogens with zero attached hydrogens (tertiary/aromatic N) is 1. The largest absolute Gasteiger partial charge is 0.341 e. The van der Waals surface area contributed by atoms with Crippen LogP contribution in [-0.4, -0.2) is 49.1 Å². The average molecular weight is 186 g/mol. The molecule has 3 unspecified atom stereocenters. The van der Waals surface area contributed by atoms with Crippen molar-refractivity contribution >= 4 is 0 Å². The van der Waals surface area contributed by atoms with Gasteiger partial charge in [0.15, 0.2) is 5.79 Å². The van der Waals surface area contributed by atoms with Crippen LogP contribution >= 0.6 is 0 Å². The zero-order chi connectivity index (χ0) is 9.64. The van der Waals surface area contributed by atoms with Crippen LogP contribution in [0.3, 0.4) is 0 Å². The van der Waals surface area contributed by atoms with Crippen LogP contribution in [0.2, 0.25) is 0 Å². The van der Waals surface area contributed by atoms with Crippen molar-refractivity contribution in [3.05, 3.63) is 0 Å². The molecule has 2 N–H and O–H groups in total. The Labute approximate surface area is 79.0 Å². The van der Waals surface area contributed by atoms with Gasteiger partial charge in [-0.2, -0.15) is 0 Å². The second kappa shape index (κ2) is 2.92. The number of likely N-dealkylation sites (N-methyl/N-ethyl adjacent to an activating group) is 1. The van der Waals surface area contributed by atoms with Gasteiger partial charge in [-0.1, -0.05) is 0 Å². The van der Waals surface area contributed by atoms with E-state index < -0.39 is 5.79 Å². The Balaban J connectivity index is 2.14. The lowest BCUT2D eigenvalue weighted by Gasteiger charge is -2.26. The van der Waals surface area contributed by atoms with Crippen LogP contribution in [-0.2, 0) is 9.47 Å². The van der Waals surface area contributed by atoms with Gasteiger partial charge in [0.25, 0.3) is 0 Å². The molecule has 2 fully saturated rings. The molecule has 0 bridgehead atoms. The molecule has 0 aromatic heterocycles. The van der Waals surface area contributed by atoms with E-state index in [0.29, 0.717) is 0 Å². The normalized spacial score (nSPS) is 52.2. The Hall–Kier alpha value is -0.160. The predicted octanol–water partition coefficient (Wildman–Crippen LogP) is -0.221. The van der Waals surface area contributed by atoms with Gasteiger partial charge in [0.2, 0.25) is 0 Å². The Bertz CT molecular complexity index is 200. The molecule has 0 saturated carbocycles. The third kappa shape index (κ3) is 1.38. The van der Waals surface area contributed by atoms with Gasteiger partial charge in [-0.25, -0.2) is 0 Å². The van der Waals surface area contributed by atoms with Crippen LogP contribution in [0.4, 0.5) is 0 Å². The highest BCUT2D eigenvalue weighted by Crippen LogP contribution is 2.35. The molecule has 76 valence electrons. The molecule has 0 aromatic rings. The summed E-state index contributed by atoms with van der Waals surface area (Å²) in [5.74, 6) is -0.534. The van der Waals surface area contributed by atoms with Crippen LogP contribution in [0.15, 0.2) is 0 Å². The maximum Gasteiger partial charge on any atom is 0.198 e. The second-order valence-electron chi connectivity index (χ2n) is 4.26. The fraction of sp³-hybridized carbons (Fsp3) is 1.00. The fourth-order valence-corrected chi connectivity index (χ4v) is 2.13. The van der Waals surface area contributed by atoms with Crippen LogP contribution in [0.1, 0.15) is 13.8 Å². The SMILES string of the molecule is CC1OC2(CN(C)CC2N)OC1C. The molecule has 1 spiro atoms. The van der Waals surface area contributed by atoms with Gasteiger partial charge in [0, 0.05) is 6.54 Å². The summed E-state index contributed by atoms with van der Waals surface area (Å²) in [6, 6.07) is -0.0232. The highest BCUT2D eigenvalue weighted by molar-refractivity contribution is 4.98. The van der Waals surface area contributed by atoms with Gasteiger partial charge < -0.3 is 15.2 Å². The molecule has 0 radical (unpaired) electrons. The summed E-state index contributed by atoms with van der Waals surface area (Å²) in [6.07, 6.45) is 0.301. The third-order valence-corrected chi connectivity index (χ3v) is 3.00. The first-order chi connectivity index (χ1) is 6.03. The molecule has 3 atom stereocenters. The van der Waals surface area contributed by atoms with Crippen molar-refractivity contribution in [1.82, 2.24) is 4.90 Å². The zero-order valence-electron chi connectivity index (χ0n) is 8.49. The second-order valence-corrected chi connectivity index (χ2v) is 4.26. The Morgan fingerprint density at radius 1 is 1.31 bits per heavy atom. The lowest BCUT2D eigenvalue weighted by atomic mass is 10.2. The molecular weight excluding hydrogens is 168 g/mol.